The molecule has 21 heavy (non-hydrogen) atoms. The van der Waals surface area contributed by atoms with Crippen molar-refractivity contribution in [1.29, 1.82) is 0 Å². The van der Waals surface area contributed by atoms with Crippen molar-refractivity contribution in [2.24, 2.45) is 10.7 Å². The number of halogens is 1. The van der Waals surface area contributed by atoms with Gasteiger partial charge < -0.3 is 20.5 Å². The van der Waals surface area contributed by atoms with Gasteiger partial charge in [-0.3, -0.25) is 4.99 Å². The molecule has 120 valence electrons. The van der Waals surface area contributed by atoms with Gasteiger partial charge in [0, 0.05) is 38.6 Å². The number of nitrogens with two attached hydrogens (primary N) is 1. The molecule has 1 aromatic carbocycles. The number of unbranched alkanes of at least 4 members (excludes halogenated alkanes) is 2. The average molecular weight is 407 g/mol. The zero-order chi connectivity index (χ0) is 14.6. The standard InChI is InChI=1S/C15H25N3O2.HI/c1-19-11-7-3-6-10-17-15(16)18-14-9-5-4-8-13(14)12-20-2;/h4-5,8-9H,3,6-7,10-12H2,1-2H3,(H3,16,17,18);1H. The lowest BCUT2D eigenvalue weighted by Gasteiger charge is -2.10. The second-order valence-electron chi connectivity index (χ2n) is 4.54. The first-order valence-corrected chi connectivity index (χ1v) is 6.90. The third-order valence-corrected chi connectivity index (χ3v) is 2.87. The first-order valence-electron chi connectivity index (χ1n) is 6.90. The lowest BCUT2D eigenvalue weighted by Crippen LogP contribution is -2.23. The van der Waals surface area contributed by atoms with Gasteiger partial charge in [0.15, 0.2) is 5.96 Å². The van der Waals surface area contributed by atoms with E-state index in [2.05, 4.69) is 10.3 Å². The lowest BCUT2D eigenvalue weighted by molar-refractivity contribution is 0.185. The highest BCUT2D eigenvalue weighted by molar-refractivity contribution is 14.0. The number of nitrogens with one attached hydrogen (secondary N) is 1. The molecule has 3 N–H and O–H groups in total. The monoisotopic (exact) mass is 407 g/mol. The molecule has 0 amide bonds. The van der Waals surface area contributed by atoms with Crippen LogP contribution in [-0.4, -0.2) is 33.3 Å². The van der Waals surface area contributed by atoms with Crippen LogP contribution in [-0.2, 0) is 16.1 Å². The summed E-state index contributed by atoms with van der Waals surface area (Å²) in [5, 5.41) is 3.12. The fraction of sp³-hybridized carbons (Fsp3) is 0.533. The molecule has 0 saturated heterocycles. The van der Waals surface area contributed by atoms with Crippen LogP contribution in [0.1, 0.15) is 24.8 Å². The minimum Gasteiger partial charge on any atom is -0.385 e. The molecule has 0 saturated carbocycles. The summed E-state index contributed by atoms with van der Waals surface area (Å²) in [5.41, 5.74) is 7.89. The smallest absolute Gasteiger partial charge is 0.193 e. The van der Waals surface area contributed by atoms with E-state index < -0.39 is 0 Å². The molecular weight excluding hydrogens is 381 g/mol. The summed E-state index contributed by atoms with van der Waals surface area (Å²) < 4.78 is 10.2. The van der Waals surface area contributed by atoms with Crippen LogP contribution < -0.4 is 11.1 Å². The van der Waals surface area contributed by atoms with E-state index in [-0.39, 0.29) is 24.0 Å². The highest BCUT2D eigenvalue weighted by atomic mass is 127. The number of methoxy groups -OCH3 is 2. The van der Waals surface area contributed by atoms with Crippen LogP contribution in [0.15, 0.2) is 29.3 Å². The summed E-state index contributed by atoms with van der Waals surface area (Å²) in [7, 11) is 3.39. The van der Waals surface area contributed by atoms with E-state index in [1.165, 1.54) is 0 Å². The zero-order valence-corrected chi connectivity index (χ0v) is 15.1. The highest BCUT2D eigenvalue weighted by Gasteiger charge is 2.02. The predicted octanol–water partition coefficient (Wildman–Crippen LogP) is 2.99. The third-order valence-electron chi connectivity index (χ3n) is 2.87. The van der Waals surface area contributed by atoms with Crippen LogP contribution >= 0.6 is 24.0 Å². The van der Waals surface area contributed by atoms with Gasteiger partial charge in [0.05, 0.1) is 6.61 Å². The second-order valence-corrected chi connectivity index (χ2v) is 4.54. The summed E-state index contributed by atoms with van der Waals surface area (Å²) in [6.07, 6.45) is 3.19. The van der Waals surface area contributed by atoms with Gasteiger partial charge in [-0.05, 0) is 25.3 Å². The van der Waals surface area contributed by atoms with Gasteiger partial charge in [-0.1, -0.05) is 18.2 Å². The maximum Gasteiger partial charge on any atom is 0.193 e. The summed E-state index contributed by atoms with van der Waals surface area (Å²) in [5.74, 6) is 0.445. The Hall–Kier alpha value is -0.860. The fourth-order valence-electron chi connectivity index (χ4n) is 1.84. The molecule has 0 unspecified atom stereocenters. The molecule has 0 aliphatic heterocycles. The van der Waals surface area contributed by atoms with Gasteiger partial charge in [0.2, 0.25) is 0 Å². The lowest BCUT2D eigenvalue weighted by atomic mass is 10.2. The van der Waals surface area contributed by atoms with Crippen molar-refractivity contribution in [2.45, 2.75) is 25.9 Å². The van der Waals surface area contributed by atoms with Crippen LogP contribution in [0, 0.1) is 0 Å². The van der Waals surface area contributed by atoms with Gasteiger partial charge in [0.25, 0.3) is 0 Å². The predicted molar refractivity (Wildman–Crippen MR) is 98.4 cm³/mol. The summed E-state index contributed by atoms with van der Waals surface area (Å²) in [4.78, 5) is 4.32. The van der Waals surface area contributed by atoms with Crippen molar-refractivity contribution in [2.75, 3.05) is 32.7 Å². The Morgan fingerprint density at radius 2 is 1.90 bits per heavy atom. The largest absolute Gasteiger partial charge is 0.385 e. The van der Waals surface area contributed by atoms with Crippen molar-refractivity contribution < 1.29 is 9.47 Å². The molecule has 1 rings (SSSR count). The quantitative estimate of drug-likeness (QED) is 0.286. The Bertz CT molecular complexity index is 414. The number of nitrogens with zero attached hydrogens (tertiary/aromatic N) is 1. The Labute approximate surface area is 144 Å². The van der Waals surface area contributed by atoms with Crippen LogP contribution in [0.4, 0.5) is 5.69 Å². The van der Waals surface area contributed by atoms with E-state index in [0.717, 1.165) is 43.7 Å². The molecule has 0 aromatic heterocycles. The third kappa shape index (κ3) is 8.90. The maximum absolute atomic E-state index is 5.89. The Balaban J connectivity index is 0.00000400. The summed E-state index contributed by atoms with van der Waals surface area (Å²) >= 11 is 0. The molecule has 0 radical (unpaired) electrons. The van der Waals surface area contributed by atoms with E-state index in [0.29, 0.717) is 12.6 Å². The highest BCUT2D eigenvalue weighted by Crippen LogP contribution is 2.15. The summed E-state index contributed by atoms with van der Waals surface area (Å²) in [6.45, 7) is 2.09. The molecule has 0 bridgehead atoms. The van der Waals surface area contributed by atoms with Crippen LogP contribution in [0.2, 0.25) is 0 Å². The Morgan fingerprint density at radius 3 is 2.62 bits per heavy atom. The van der Waals surface area contributed by atoms with Crippen molar-refractivity contribution in [3.8, 4) is 0 Å². The van der Waals surface area contributed by atoms with Crippen molar-refractivity contribution in [1.82, 2.24) is 0 Å². The fourth-order valence-corrected chi connectivity index (χ4v) is 1.84. The number of benzene rings is 1. The van der Waals surface area contributed by atoms with E-state index in [1.54, 1.807) is 14.2 Å². The normalized spacial score (nSPS) is 11.0. The number of hydrogen-bond donors (Lipinski definition) is 2. The van der Waals surface area contributed by atoms with Crippen molar-refractivity contribution >= 4 is 35.6 Å². The van der Waals surface area contributed by atoms with Crippen LogP contribution in [0.25, 0.3) is 0 Å². The van der Waals surface area contributed by atoms with Gasteiger partial charge >= 0.3 is 0 Å². The topological polar surface area (TPSA) is 68.9 Å². The number of ether oxygens (including phenoxy) is 2. The minimum absolute atomic E-state index is 0. The molecule has 0 fully saturated rings. The number of para-hydroxylation sites is 1. The van der Waals surface area contributed by atoms with E-state index in [9.17, 15) is 0 Å². The molecular formula is C15H26IN3O2. The Morgan fingerprint density at radius 1 is 1.14 bits per heavy atom. The van der Waals surface area contributed by atoms with Crippen LogP contribution in [0.5, 0.6) is 0 Å². The molecule has 1 aromatic rings. The minimum atomic E-state index is 0. The first kappa shape index (κ1) is 20.1. The van der Waals surface area contributed by atoms with Gasteiger partial charge in [-0.15, -0.1) is 24.0 Å². The van der Waals surface area contributed by atoms with Crippen molar-refractivity contribution in [3.05, 3.63) is 29.8 Å². The number of rotatable bonds is 9. The number of anilines is 1. The number of aliphatic imine (C=N–C) groups is 1. The van der Waals surface area contributed by atoms with E-state index in [4.69, 9.17) is 15.2 Å². The van der Waals surface area contributed by atoms with E-state index in [1.807, 2.05) is 24.3 Å². The molecule has 0 spiro atoms. The van der Waals surface area contributed by atoms with Gasteiger partial charge in [0.1, 0.15) is 0 Å². The summed E-state index contributed by atoms with van der Waals surface area (Å²) in [6, 6.07) is 7.90. The number of guanidine groups is 1. The van der Waals surface area contributed by atoms with Crippen LogP contribution in [0.3, 0.4) is 0 Å². The van der Waals surface area contributed by atoms with E-state index >= 15 is 0 Å². The van der Waals surface area contributed by atoms with Crippen molar-refractivity contribution in [3.63, 3.8) is 0 Å². The average Bonchev–Trinajstić information content (AvgIpc) is 2.45. The second kappa shape index (κ2) is 12.8. The van der Waals surface area contributed by atoms with Gasteiger partial charge in [-0.2, -0.15) is 0 Å². The molecule has 0 aliphatic carbocycles. The SMILES string of the molecule is COCCCCCN=C(N)Nc1ccccc1COC.I. The number of hydrogen-bond acceptors (Lipinski definition) is 3. The maximum atomic E-state index is 5.89. The molecule has 6 heteroatoms. The molecule has 0 aliphatic rings. The first-order chi connectivity index (χ1) is 9.77. The molecule has 5 nitrogen and oxygen atoms in total. The van der Waals surface area contributed by atoms with Gasteiger partial charge in [-0.25, -0.2) is 0 Å². The molecule has 0 atom stereocenters. The zero-order valence-electron chi connectivity index (χ0n) is 12.8. The molecule has 0 heterocycles. The Kier molecular flexibility index (Phi) is 12.3.